The molecule has 3 atom stereocenters. The summed E-state index contributed by atoms with van der Waals surface area (Å²) in [5.74, 6) is -0.627. The van der Waals surface area contributed by atoms with Crippen molar-refractivity contribution in [2.45, 2.75) is 31.3 Å². The third-order valence-electron chi connectivity index (χ3n) is 5.69. The van der Waals surface area contributed by atoms with Gasteiger partial charge in [-0.05, 0) is 30.2 Å². The van der Waals surface area contributed by atoms with Gasteiger partial charge in [0.2, 0.25) is 6.04 Å². The minimum Gasteiger partial charge on any atom is -0.372 e. The third kappa shape index (κ3) is 3.87. The van der Waals surface area contributed by atoms with Gasteiger partial charge in [0.25, 0.3) is 0 Å². The lowest BCUT2D eigenvalue weighted by Crippen LogP contribution is -2.42. The molecule has 30 heavy (non-hydrogen) atoms. The molecule has 0 saturated carbocycles. The molecule has 5 nitrogen and oxygen atoms in total. The maximum absolute atomic E-state index is 13.1. The van der Waals surface area contributed by atoms with Crippen molar-refractivity contribution in [3.8, 4) is 0 Å². The van der Waals surface area contributed by atoms with Crippen molar-refractivity contribution in [2.24, 2.45) is 0 Å². The summed E-state index contributed by atoms with van der Waals surface area (Å²) < 4.78 is 0.803. The van der Waals surface area contributed by atoms with Crippen LogP contribution in [0.5, 0.6) is 0 Å². The van der Waals surface area contributed by atoms with Gasteiger partial charge in [0, 0.05) is 27.1 Å². The van der Waals surface area contributed by atoms with E-state index in [9.17, 15) is 14.9 Å². The summed E-state index contributed by atoms with van der Waals surface area (Å²) in [6, 6.07) is 20.9. The number of anilines is 1. The first kappa shape index (κ1) is 20.3. The molecule has 0 fully saturated rings. The topological polar surface area (TPSA) is 72.2 Å². The van der Waals surface area contributed by atoms with Gasteiger partial charge in [0.1, 0.15) is 6.04 Å². The second kappa shape index (κ2) is 8.40. The lowest BCUT2D eigenvalue weighted by atomic mass is 9.77. The number of para-hydroxylation sites is 1. The molecule has 4 rings (SSSR count). The fourth-order valence-corrected chi connectivity index (χ4v) is 4.70. The van der Waals surface area contributed by atoms with Crippen molar-refractivity contribution >= 4 is 27.4 Å². The van der Waals surface area contributed by atoms with Gasteiger partial charge >= 0.3 is 0 Å². The quantitative estimate of drug-likeness (QED) is 0.288. The summed E-state index contributed by atoms with van der Waals surface area (Å²) in [5, 5.41) is 15.6. The number of nitrogens with one attached hydrogen (secondary N) is 1. The van der Waals surface area contributed by atoms with Crippen LogP contribution >= 0.6 is 15.9 Å². The third-order valence-corrected chi connectivity index (χ3v) is 6.41. The molecule has 1 aliphatic heterocycles. The van der Waals surface area contributed by atoms with Gasteiger partial charge in [-0.3, -0.25) is 14.9 Å². The number of benzene rings is 3. The summed E-state index contributed by atoms with van der Waals surface area (Å²) in [7, 11) is 0. The zero-order valence-corrected chi connectivity index (χ0v) is 18.0. The normalized spacial score (nSPS) is 20.1. The Kier molecular flexibility index (Phi) is 5.68. The van der Waals surface area contributed by atoms with Crippen LogP contribution in [0.1, 0.15) is 45.4 Å². The SMILES string of the molecule is Cc1ccc(C(=O)C[C@@H]2c3ccccc3N[C@@H](c3ccccc3Br)[C@H]2[N+](=O)[O-])cc1. The van der Waals surface area contributed by atoms with Crippen molar-refractivity contribution in [1.82, 2.24) is 0 Å². The van der Waals surface area contributed by atoms with Crippen molar-refractivity contribution in [3.05, 3.63) is 110 Å². The van der Waals surface area contributed by atoms with Crippen LogP contribution in [0.2, 0.25) is 0 Å². The molecule has 0 unspecified atom stereocenters. The van der Waals surface area contributed by atoms with Gasteiger partial charge in [-0.15, -0.1) is 0 Å². The number of carbonyl (C=O) groups excluding carboxylic acids is 1. The number of hydrogen-bond donors (Lipinski definition) is 1. The number of halogens is 1. The minimum absolute atomic E-state index is 0.0777. The molecule has 152 valence electrons. The van der Waals surface area contributed by atoms with Crippen LogP contribution in [0.3, 0.4) is 0 Å². The Morgan fingerprint density at radius 2 is 1.63 bits per heavy atom. The van der Waals surface area contributed by atoms with Crippen molar-refractivity contribution in [3.63, 3.8) is 0 Å². The van der Waals surface area contributed by atoms with Crippen LogP contribution in [0.25, 0.3) is 0 Å². The van der Waals surface area contributed by atoms with Crippen LogP contribution in [-0.4, -0.2) is 16.7 Å². The molecule has 6 heteroatoms. The van der Waals surface area contributed by atoms with E-state index in [4.69, 9.17) is 0 Å². The van der Waals surface area contributed by atoms with Crippen LogP contribution < -0.4 is 5.32 Å². The summed E-state index contributed by atoms with van der Waals surface area (Å²) in [6.07, 6.45) is 0.0777. The minimum atomic E-state index is -0.979. The van der Waals surface area contributed by atoms with Gasteiger partial charge < -0.3 is 5.32 Å². The Balaban J connectivity index is 1.77. The Morgan fingerprint density at radius 3 is 2.30 bits per heavy atom. The lowest BCUT2D eigenvalue weighted by molar-refractivity contribution is -0.530. The highest BCUT2D eigenvalue weighted by Crippen LogP contribution is 2.45. The number of hydrogen-bond acceptors (Lipinski definition) is 4. The summed E-state index contributed by atoms with van der Waals surface area (Å²) in [5.41, 5.74) is 4.09. The van der Waals surface area contributed by atoms with E-state index in [0.717, 1.165) is 26.9 Å². The number of ketones is 1. The molecule has 0 saturated heterocycles. The molecular weight excluding hydrogens is 444 g/mol. The zero-order valence-electron chi connectivity index (χ0n) is 16.4. The molecular formula is C24H21BrN2O3. The maximum Gasteiger partial charge on any atom is 0.244 e. The van der Waals surface area contributed by atoms with Crippen LogP contribution in [0.15, 0.2) is 77.3 Å². The smallest absolute Gasteiger partial charge is 0.244 e. The predicted molar refractivity (Wildman–Crippen MR) is 121 cm³/mol. The molecule has 1 aliphatic rings. The fourth-order valence-electron chi connectivity index (χ4n) is 4.17. The Hall–Kier alpha value is -2.99. The first-order valence-electron chi connectivity index (χ1n) is 9.79. The van der Waals surface area contributed by atoms with Crippen LogP contribution in [0, 0.1) is 17.0 Å². The average molecular weight is 465 g/mol. The maximum atomic E-state index is 13.1. The van der Waals surface area contributed by atoms with Crippen LogP contribution in [-0.2, 0) is 0 Å². The van der Waals surface area contributed by atoms with E-state index < -0.39 is 18.0 Å². The van der Waals surface area contributed by atoms with Gasteiger partial charge in [-0.2, -0.15) is 0 Å². The van der Waals surface area contributed by atoms with E-state index in [1.54, 1.807) is 12.1 Å². The monoisotopic (exact) mass is 464 g/mol. The van der Waals surface area contributed by atoms with Gasteiger partial charge in [0.05, 0.1) is 5.92 Å². The zero-order chi connectivity index (χ0) is 21.3. The molecule has 0 amide bonds. The first-order valence-corrected chi connectivity index (χ1v) is 10.6. The number of rotatable bonds is 5. The largest absolute Gasteiger partial charge is 0.372 e. The molecule has 0 spiro atoms. The number of Topliss-reactive ketones (excluding diaryl/α,β-unsaturated/α-hetero) is 1. The highest BCUT2D eigenvalue weighted by atomic mass is 79.9. The van der Waals surface area contributed by atoms with Crippen molar-refractivity contribution < 1.29 is 9.72 Å². The average Bonchev–Trinajstić information content (AvgIpc) is 2.74. The molecule has 1 N–H and O–H groups in total. The summed E-state index contributed by atoms with van der Waals surface area (Å²) >= 11 is 3.53. The van der Waals surface area contributed by atoms with Crippen molar-refractivity contribution in [1.29, 1.82) is 0 Å². The standard InChI is InChI=1S/C24H21BrN2O3/c1-15-10-12-16(13-11-15)22(28)14-19-17-6-3-5-9-21(17)26-23(24(19)27(29)30)18-7-2-4-8-20(18)25/h2-13,19,23-24,26H,14H2,1H3/t19-,23+,24+/m1/s1. The fraction of sp³-hybridized carbons (Fsp3) is 0.208. The summed E-state index contributed by atoms with van der Waals surface area (Å²) in [6.45, 7) is 1.96. The van der Waals surface area contributed by atoms with E-state index in [2.05, 4.69) is 21.2 Å². The van der Waals surface area contributed by atoms with Gasteiger partial charge in [-0.25, -0.2) is 0 Å². The molecule has 0 aliphatic carbocycles. The molecule has 0 bridgehead atoms. The molecule has 3 aromatic carbocycles. The lowest BCUT2D eigenvalue weighted by Gasteiger charge is -2.36. The van der Waals surface area contributed by atoms with Crippen molar-refractivity contribution in [2.75, 3.05) is 5.32 Å². The Labute approximate surface area is 183 Å². The second-order valence-corrected chi connectivity index (χ2v) is 8.46. The molecule has 3 aromatic rings. The van der Waals surface area contributed by atoms with Gasteiger partial charge in [0.15, 0.2) is 5.78 Å². The van der Waals surface area contributed by atoms with E-state index in [1.165, 1.54) is 0 Å². The first-order chi connectivity index (χ1) is 14.5. The van der Waals surface area contributed by atoms with E-state index in [1.807, 2.05) is 67.6 Å². The van der Waals surface area contributed by atoms with E-state index in [0.29, 0.717) is 5.56 Å². The summed E-state index contributed by atoms with van der Waals surface area (Å²) in [4.78, 5) is 25.1. The second-order valence-electron chi connectivity index (χ2n) is 7.61. The highest BCUT2D eigenvalue weighted by molar-refractivity contribution is 9.10. The molecule has 0 radical (unpaired) electrons. The Bertz CT molecular complexity index is 1100. The highest BCUT2D eigenvalue weighted by Gasteiger charge is 2.46. The van der Waals surface area contributed by atoms with E-state index >= 15 is 0 Å². The number of nitro groups is 1. The van der Waals surface area contributed by atoms with E-state index in [-0.39, 0.29) is 17.1 Å². The predicted octanol–water partition coefficient (Wildman–Crippen LogP) is 5.93. The molecule has 0 aromatic heterocycles. The number of nitrogens with zero attached hydrogens (tertiary/aromatic N) is 1. The number of fused-ring (bicyclic) bond motifs is 1. The Morgan fingerprint density at radius 1 is 1.00 bits per heavy atom. The van der Waals surface area contributed by atoms with Gasteiger partial charge in [-0.1, -0.05) is 82.2 Å². The van der Waals surface area contributed by atoms with Crippen LogP contribution in [0.4, 0.5) is 5.69 Å². The molecule has 1 heterocycles. The number of aryl methyl sites for hydroxylation is 1. The number of carbonyl (C=O) groups is 1.